The molecule has 0 radical (unpaired) electrons. The zero-order chi connectivity index (χ0) is 17.7. The summed E-state index contributed by atoms with van der Waals surface area (Å²) < 4.78 is 29.8. The minimum absolute atomic E-state index is 0.105. The molecule has 0 saturated heterocycles. The van der Waals surface area contributed by atoms with E-state index in [0.717, 1.165) is 11.1 Å². The fraction of sp³-hybridized carbons (Fsp3) is 0.278. The van der Waals surface area contributed by atoms with Gasteiger partial charge in [0.1, 0.15) is 5.75 Å². The summed E-state index contributed by atoms with van der Waals surface area (Å²) in [5, 5.41) is 2.68. The molecule has 0 bridgehead atoms. The van der Waals surface area contributed by atoms with Gasteiger partial charge in [-0.05, 0) is 49.2 Å². The van der Waals surface area contributed by atoms with Crippen molar-refractivity contribution >= 4 is 21.4 Å². The number of hydrogen-bond acceptors (Lipinski definition) is 4. The summed E-state index contributed by atoms with van der Waals surface area (Å²) >= 11 is 0. The van der Waals surface area contributed by atoms with Crippen LogP contribution in [0, 0.1) is 13.8 Å². The highest BCUT2D eigenvalue weighted by atomic mass is 32.2. The predicted octanol–water partition coefficient (Wildman–Crippen LogP) is 3.11. The van der Waals surface area contributed by atoms with Crippen LogP contribution in [0.4, 0.5) is 5.69 Å². The fourth-order valence-electron chi connectivity index (χ4n) is 2.18. The molecule has 0 spiro atoms. The number of sulfone groups is 1. The number of anilines is 1. The Balaban J connectivity index is 2.00. The van der Waals surface area contributed by atoms with Crippen LogP contribution < -0.4 is 10.1 Å². The Morgan fingerprint density at radius 1 is 1.08 bits per heavy atom. The number of benzene rings is 2. The zero-order valence-electron chi connectivity index (χ0n) is 14.0. The molecule has 0 aliphatic heterocycles. The summed E-state index contributed by atoms with van der Waals surface area (Å²) in [6.07, 6.45) is -0.105. The van der Waals surface area contributed by atoms with Gasteiger partial charge >= 0.3 is 0 Å². The van der Waals surface area contributed by atoms with Gasteiger partial charge in [-0.3, -0.25) is 4.79 Å². The molecular formula is C18H21NO4S. The number of hydrogen-bond donors (Lipinski definition) is 1. The Kier molecular flexibility index (Phi) is 5.62. The number of carbonyl (C=O) groups is 1. The molecule has 2 aromatic carbocycles. The number of carbonyl (C=O) groups excluding carboxylic acids is 1. The maximum atomic E-state index is 12.4. The van der Waals surface area contributed by atoms with Gasteiger partial charge in [0.05, 0.1) is 17.8 Å². The van der Waals surface area contributed by atoms with E-state index in [1.165, 1.54) is 7.11 Å². The molecule has 0 aliphatic rings. The van der Waals surface area contributed by atoms with E-state index in [0.29, 0.717) is 11.4 Å². The summed E-state index contributed by atoms with van der Waals surface area (Å²) in [7, 11) is -1.95. The fourth-order valence-corrected chi connectivity index (χ4v) is 3.50. The van der Waals surface area contributed by atoms with Crippen LogP contribution in [0.25, 0.3) is 0 Å². The van der Waals surface area contributed by atoms with Crippen LogP contribution in [0.15, 0.2) is 47.4 Å². The van der Waals surface area contributed by atoms with Gasteiger partial charge in [-0.1, -0.05) is 12.1 Å². The first-order valence-corrected chi connectivity index (χ1v) is 9.21. The standard InChI is InChI=1S/C18H21NO4S/c1-13-7-8-17(11-14(13)2)24(21,22)10-9-18(20)19-15-5-4-6-16(12-15)23-3/h4-8,11-12H,9-10H2,1-3H3,(H,19,20). The third kappa shape index (κ3) is 4.58. The van der Waals surface area contributed by atoms with Crippen LogP contribution in [0.5, 0.6) is 5.75 Å². The predicted molar refractivity (Wildman–Crippen MR) is 94.2 cm³/mol. The molecule has 0 aromatic heterocycles. The van der Waals surface area contributed by atoms with Gasteiger partial charge in [0.25, 0.3) is 0 Å². The van der Waals surface area contributed by atoms with E-state index in [1.54, 1.807) is 42.5 Å². The van der Waals surface area contributed by atoms with E-state index in [9.17, 15) is 13.2 Å². The lowest BCUT2D eigenvalue weighted by Gasteiger charge is -2.09. The van der Waals surface area contributed by atoms with Gasteiger partial charge in [0, 0.05) is 18.2 Å². The molecule has 0 saturated carbocycles. The van der Waals surface area contributed by atoms with Crippen molar-refractivity contribution in [3.05, 3.63) is 53.6 Å². The molecule has 0 aliphatic carbocycles. The molecule has 2 rings (SSSR count). The van der Waals surface area contributed by atoms with Gasteiger partial charge in [-0.2, -0.15) is 0 Å². The molecular weight excluding hydrogens is 326 g/mol. The van der Waals surface area contributed by atoms with Gasteiger partial charge in [0.2, 0.25) is 5.91 Å². The molecule has 2 aromatic rings. The third-order valence-corrected chi connectivity index (χ3v) is 5.50. The van der Waals surface area contributed by atoms with Crippen molar-refractivity contribution in [3.63, 3.8) is 0 Å². The second-order valence-electron chi connectivity index (χ2n) is 5.60. The number of rotatable bonds is 6. The first-order valence-electron chi connectivity index (χ1n) is 7.56. The van der Waals surface area contributed by atoms with Crippen molar-refractivity contribution in [2.75, 3.05) is 18.2 Å². The van der Waals surface area contributed by atoms with E-state index in [1.807, 2.05) is 13.8 Å². The van der Waals surface area contributed by atoms with Crippen molar-refractivity contribution in [1.29, 1.82) is 0 Å². The Hall–Kier alpha value is -2.34. The van der Waals surface area contributed by atoms with Crippen LogP contribution in [0.2, 0.25) is 0 Å². The number of amides is 1. The maximum Gasteiger partial charge on any atom is 0.225 e. The molecule has 128 valence electrons. The summed E-state index contributed by atoms with van der Waals surface area (Å²) in [6, 6.07) is 11.9. The molecule has 1 N–H and O–H groups in total. The van der Waals surface area contributed by atoms with Crippen LogP contribution >= 0.6 is 0 Å². The van der Waals surface area contributed by atoms with E-state index >= 15 is 0 Å². The van der Waals surface area contributed by atoms with E-state index in [-0.39, 0.29) is 23.0 Å². The average Bonchev–Trinajstić information content (AvgIpc) is 2.55. The molecule has 24 heavy (non-hydrogen) atoms. The van der Waals surface area contributed by atoms with E-state index in [4.69, 9.17) is 4.74 Å². The SMILES string of the molecule is COc1cccc(NC(=O)CCS(=O)(=O)c2ccc(C)c(C)c2)c1. The Labute approximate surface area is 142 Å². The highest BCUT2D eigenvalue weighted by Crippen LogP contribution is 2.19. The molecule has 6 heteroatoms. The number of ether oxygens (including phenoxy) is 1. The topological polar surface area (TPSA) is 72.5 Å². The number of nitrogens with one attached hydrogen (secondary N) is 1. The summed E-state index contributed by atoms with van der Waals surface area (Å²) in [5.74, 6) is 0.0388. The quantitative estimate of drug-likeness (QED) is 0.871. The zero-order valence-corrected chi connectivity index (χ0v) is 14.8. The van der Waals surface area contributed by atoms with Crippen LogP contribution in [-0.2, 0) is 14.6 Å². The number of methoxy groups -OCH3 is 1. The van der Waals surface area contributed by atoms with Crippen LogP contribution in [-0.4, -0.2) is 27.2 Å². The highest BCUT2D eigenvalue weighted by Gasteiger charge is 2.17. The monoisotopic (exact) mass is 347 g/mol. The van der Waals surface area contributed by atoms with Crippen molar-refractivity contribution in [2.45, 2.75) is 25.2 Å². The van der Waals surface area contributed by atoms with Gasteiger partial charge in [0.15, 0.2) is 9.84 Å². The Bertz CT molecular complexity index is 844. The van der Waals surface area contributed by atoms with E-state index in [2.05, 4.69) is 5.32 Å². The third-order valence-electron chi connectivity index (χ3n) is 3.79. The van der Waals surface area contributed by atoms with Gasteiger partial charge in [-0.15, -0.1) is 0 Å². The molecule has 0 unspecified atom stereocenters. The van der Waals surface area contributed by atoms with Crippen molar-refractivity contribution in [3.8, 4) is 5.75 Å². The minimum Gasteiger partial charge on any atom is -0.497 e. The molecule has 0 fully saturated rings. The summed E-state index contributed by atoms with van der Waals surface area (Å²) in [4.78, 5) is 12.2. The Morgan fingerprint density at radius 3 is 2.50 bits per heavy atom. The van der Waals surface area contributed by atoms with Crippen LogP contribution in [0.1, 0.15) is 17.5 Å². The second kappa shape index (κ2) is 7.49. The molecule has 0 heterocycles. The van der Waals surface area contributed by atoms with Crippen LogP contribution in [0.3, 0.4) is 0 Å². The van der Waals surface area contributed by atoms with Gasteiger partial charge in [-0.25, -0.2) is 8.42 Å². The van der Waals surface area contributed by atoms with Crippen molar-refractivity contribution in [1.82, 2.24) is 0 Å². The smallest absolute Gasteiger partial charge is 0.225 e. The lowest BCUT2D eigenvalue weighted by Crippen LogP contribution is -2.17. The highest BCUT2D eigenvalue weighted by molar-refractivity contribution is 7.91. The molecule has 1 amide bonds. The average molecular weight is 347 g/mol. The summed E-state index contributed by atoms with van der Waals surface area (Å²) in [5.41, 5.74) is 2.52. The minimum atomic E-state index is -3.49. The lowest BCUT2D eigenvalue weighted by atomic mass is 10.1. The van der Waals surface area contributed by atoms with Gasteiger partial charge < -0.3 is 10.1 Å². The molecule has 5 nitrogen and oxygen atoms in total. The largest absolute Gasteiger partial charge is 0.497 e. The number of aryl methyl sites for hydroxylation is 2. The van der Waals surface area contributed by atoms with Crippen molar-refractivity contribution in [2.24, 2.45) is 0 Å². The maximum absolute atomic E-state index is 12.4. The normalized spacial score (nSPS) is 11.1. The summed E-state index contributed by atoms with van der Waals surface area (Å²) in [6.45, 7) is 3.79. The molecule has 0 atom stereocenters. The second-order valence-corrected chi connectivity index (χ2v) is 7.70. The lowest BCUT2D eigenvalue weighted by molar-refractivity contribution is -0.115. The Morgan fingerprint density at radius 2 is 1.83 bits per heavy atom. The van der Waals surface area contributed by atoms with E-state index < -0.39 is 9.84 Å². The first-order chi connectivity index (χ1) is 11.3. The first kappa shape index (κ1) is 18.0. The van der Waals surface area contributed by atoms with Crippen molar-refractivity contribution < 1.29 is 17.9 Å².